The highest BCUT2D eigenvalue weighted by Gasteiger charge is 2.25. The van der Waals surface area contributed by atoms with Crippen molar-refractivity contribution in [1.82, 2.24) is 19.7 Å². The second-order valence-corrected chi connectivity index (χ2v) is 5.70. The first-order valence-electron chi connectivity index (χ1n) is 7.93. The normalized spacial score (nSPS) is 14.2. The number of halogens is 1. The van der Waals surface area contributed by atoms with Crippen LogP contribution in [0.15, 0.2) is 73.1 Å². The van der Waals surface area contributed by atoms with Crippen LogP contribution in [-0.2, 0) is 7.05 Å². The zero-order chi connectivity index (χ0) is 17.2. The van der Waals surface area contributed by atoms with Gasteiger partial charge < -0.3 is 4.90 Å². The van der Waals surface area contributed by atoms with Crippen molar-refractivity contribution < 1.29 is 4.39 Å². The van der Waals surface area contributed by atoms with E-state index in [4.69, 9.17) is 0 Å². The molecular formula is C19H16FN5. The van der Waals surface area contributed by atoms with Crippen molar-refractivity contribution in [3.05, 3.63) is 78.7 Å². The number of hydrogen-bond donors (Lipinski definition) is 0. The first-order chi connectivity index (χ1) is 12.2. The van der Waals surface area contributed by atoms with Gasteiger partial charge in [-0.15, -0.1) is 0 Å². The number of anilines is 1. The van der Waals surface area contributed by atoms with E-state index < -0.39 is 0 Å². The van der Waals surface area contributed by atoms with Gasteiger partial charge in [0.05, 0.1) is 17.1 Å². The Bertz CT molecular complexity index is 944. The summed E-state index contributed by atoms with van der Waals surface area (Å²) in [7, 11) is 1.85. The lowest BCUT2D eigenvalue weighted by atomic mass is 10.1. The zero-order valence-electron chi connectivity index (χ0n) is 13.7. The highest BCUT2D eigenvalue weighted by atomic mass is 19.1. The van der Waals surface area contributed by atoms with Gasteiger partial charge in [-0.05, 0) is 30.3 Å². The van der Waals surface area contributed by atoms with E-state index in [9.17, 15) is 4.39 Å². The van der Waals surface area contributed by atoms with Gasteiger partial charge in [0.2, 0.25) is 0 Å². The Morgan fingerprint density at radius 3 is 2.80 bits per heavy atom. The minimum atomic E-state index is -0.296. The first kappa shape index (κ1) is 15.3. The standard InChI is InChI=1S/C19H16FN5/c1-24-13-17(18(23-24)16-8-2-3-10-22-16)25-11-5-7-15(20)19(25)14-6-4-9-21-12-14/h2-10,12-13H,11H2,1H3. The minimum absolute atomic E-state index is 0.296. The number of rotatable bonds is 3. The molecule has 5 nitrogen and oxygen atoms in total. The third-order valence-corrected chi connectivity index (χ3v) is 3.99. The molecule has 124 valence electrons. The Labute approximate surface area is 144 Å². The molecule has 0 aromatic carbocycles. The molecule has 0 bridgehead atoms. The van der Waals surface area contributed by atoms with Crippen molar-refractivity contribution in [1.29, 1.82) is 0 Å². The van der Waals surface area contributed by atoms with E-state index in [0.717, 1.165) is 16.9 Å². The van der Waals surface area contributed by atoms with Crippen LogP contribution in [-0.4, -0.2) is 26.3 Å². The average Bonchev–Trinajstić information content (AvgIpc) is 3.04. The average molecular weight is 333 g/mol. The molecule has 1 aliphatic heterocycles. The lowest BCUT2D eigenvalue weighted by Gasteiger charge is -2.28. The van der Waals surface area contributed by atoms with Crippen LogP contribution in [0.4, 0.5) is 10.1 Å². The van der Waals surface area contributed by atoms with Crippen molar-refractivity contribution in [2.75, 3.05) is 11.4 Å². The highest BCUT2D eigenvalue weighted by molar-refractivity contribution is 5.87. The molecule has 0 unspecified atom stereocenters. The topological polar surface area (TPSA) is 46.8 Å². The fourth-order valence-corrected chi connectivity index (χ4v) is 2.93. The van der Waals surface area contributed by atoms with Crippen LogP contribution >= 0.6 is 0 Å². The molecule has 4 rings (SSSR count). The van der Waals surface area contributed by atoms with Crippen LogP contribution in [0.2, 0.25) is 0 Å². The summed E-state index contributed by atoms with van der Waals surface area (Å²) in [6, 6.07) is 9.32. The maximum absolute atomic E-state index is 14.7. The second kappa shape index (κ2) is 6.32. The molecule has 3 aromatic heterocycles. The van der Waals surface area contributed by atoms with Crippen LogP contribution < -0.4 is 4.90 Å². The molecule has 6 heteroatoms. The van der Waals surface area contributed by atoms with Crippen molar-refractivity contribution in [2.24, 2.45) is 7.05 Å². The molecule has 0 N–H and O–H groups in total. The first-order valence-corrected chi connectivity index (χ1v) is 7.93. The summed E-state index contributed by atoms with van der Waals surface area (Å²) in [6.45, 7) is 0.545. The maximum atomic E-state index is 14.7. The molecule has 3 aromatic rings. The van der Waals surface area contributed by atoms with Crippen molar-refractivity contribution in [3.8, 4) is 11.4 Å². The van der Waals surface area contributed by atoms with Gasteiger partial charge in [0.25, 0.3) is 0 Å². The Balaban J connectivity index is 1.86. The van der Waals surface area contributed by atoms with E-state index in [1.54, 1.807) is 35.4 Å². The van der Waals surface area contributed by atoms with E-state index in [1.807, 2.05) is 42.4 Å². The molecule has 25 heavy (non-hydrogen) atoms. The molecule has 0 amide bonds. The van der Waals surface area contributed by atoms with Crippen LogP contribution in [0.5, 0.6) is 0 Å². The summed E-state index contributed by atoms with van der Waals surface area (Å²) >= 11 is 0. The fourth-order valence-electron chi connectivity index (χ4n) is 2.93. The lowest BCUT2D eigenvalue weighted by Crippen LogP contribution is -2.25. The molecule has 4 heterocycles. The Kier molecular flexibility index (Phi) is 3.85. The number of aryl methyl sites for hydroxylation is 1. The van der Waals surface area contributed by atoms with Gasteiger partial charge in [-0.25, -0.2) is 4.39 Å². The molecule has 0 radical (unpaired) electrons. The zero-order valence-corrected chi connectivity index (χ0v) is 13.7. The number of aromatic nitrogens is 4. The smallest absolute Gasteiger partial charge is 0.147 e. The number of pyridine rings is 2. The minimum Gasteiger partial charge on any atom is -0.332 e. The van der Waals surface area contributed by atoms with Crippen LogP contribution in [0.3, 0.4) is 0 Å². The molecule has 0 fully saturated rings. The van der Waals surface area contributed by atoms with E-state index in [-0.39, 0.29) is 5.83 Å². The summed E-state index contributed by atoms with van der Waals surface area (Å²) < 4.78 is 16.4. The van der Waals surface area contributed by atoms with Gasteiger partial charge in [0, 0.05) is 43.9 Å². The van der Waals surface area contributed by atoms with Gasteiger partial charge in [0.1, 0.15) is 11.5 Å². The second-order valence-electron chi connectivity index (χ2n) is 5.70. The van der Waals surface area contributed by atoms with Gasteiger partial charge in [0.15, 0.2) is 0 Å². The molecule has 0 saturated carbocycles. The van der Waals surface area contributed by atoms with E-state index >= 15 is 0 Å². The summed E-state index contributed by atoms with van der Waals surface area (Å²) in [4.78, 5) is 10.4. The van der Waals surface area contributed by atoms with Crippen LogP contribution in [0.25, 0.3) is 17.1 Å². The summed E-state index contributed by atoms with van der Waals surface area (Å²) in [5.74, 6) is -0.296. The summed E-state index contributed by atoms with van der Waals surface area (Å²) in [5.41, 5.74) is 3.48. The number of hydrogen-bond acceptors (Lipinski definition) is 4. The van der Waals surface area contributed by atoms with E-state index in [1.165, 1.54) is 6.08 Å². The third kappa shape index (κ3) is 2.82. The molecule has 0 saturated heterocycles. The number of nitrogens with zero attached hydrogens (tertiary/aromatic N) is 5. The Morgan fingerprint density at radius 2 is 2.04 bits per heavy atom. The SMILES string of the molecule is Cn1cc(N2CC=CC(F)=C2c2cccnc2)c(-c2ccccn2)n1. The van der Waals surface area contributed by atoms with Crippen molar-refractivity contribution in [3.63, 3.8) is 0 Å². The maximum Gasteiger partial charge on any atom is 0.147 e. The lowest BCUT2D eigenvalue weighted by molar-refractivity contribution is 0.661. The summed E-state index contributed by atoms with van der Waals surface area (Å²) in [6.07, 6.45) is 10.2. The molecule has 0 spiro atoms. The van der Waals surface area contributed by atoms with Gasteiger partial charge in [-0.3, -0.25) is 14.6 Å². The number of allylic oxidation sites excluding steroid dienone is 2. The van der Waals surface area contributed by atoms with E-state index in [2.05, 4.69) is 15.1 Å². The van der Waals surface area contributed by atoms with Gasteiger partial charge in [-0.1, -0.05) is 12.1 Å². The quantitative estimate of drug-likeness (QED) is 0.735. The molecular weight excluding hydrogens is 317 g/mol. The monoisotopic (exact) mass is 333 g/mol. The predicted octanol–water partition coefficient (Wildman–Crippen LogP) is 3.59. The predicted molar refractivity (Wildman–Crippen MR) is 95.2 cm³/mol. The van der Waals surface area contributed by atoms with Crippen LogP contribution in [0.1, 0.15) is 5.56 Å². The molecule has 1 aliphatic rings. The van der Waals surface area contributed by atoms with E-state index in [0.29, 0.717) is 17.9 Å². The largest absolute Gasteiger partial charge is 0.332 e. The molecule has 0 aliphatic carbocycles. The Hall–Kier alpha value is -3.28. The summed E-state index contributed by atoms with van der Waals surface area (Å²) in [5, 5.41) is 4.54. The van der Waals surface area contributed by atoms with Gasteiger partial charge >= 0.3 is 0 Å². The highest BCUT2D eigenvalue weighted by Crippen LogP contribution is 2.36. The van der Waals surface area contributed by atoms with Crippen molar-refractivity contribution in [2.45, 2.75) is 0 Å². The third-order valence-electron chi connectivity index (χ3n) is 3.99. The fraction of sp³-hybridized carbons (Fsp3) is 0.105. The van der Waals surface area contributed by atoms with Crippen molar-refractivity contribution >= 4 is 11.4 Å². The van der Waals surface area contributed by atoms with Crippen LogP contribution in [0, 0.1) is 0 Å². The molecule has 0 atom stereocenters. The Morgan fingerprint density at radius 1 is 1.12 bits per heavy atom. The van der Waals surface area contributed by atoms with Gasteiger partial charge in [-0.2, -0.15) is 5.10 Å².